The Kier molecular flexibility index (Phi) is 69.9. The number of hydrogen-bond acceptors (Lipinski definition) is 30. The number of Topliss-reactive ketones (excluding diaryl/α,β-unsaturated/α-hetero) is 5. The Bertz CT molecular complexity index is 2690. The second kappa shape index (κ2) is 76.2. The van der Waals surface area contributed by atoms with E-state index in [0.29, 0.717) is 344 Å². The summed E-state index contributed by atoms with van der Waals surface area (Å²) >= 11 is 0. The standard InChI is InChI=1S/C99H183N7O24/c1-15-92-78(9)75(6)81(12)96(128-92)125-65-62-119-59-56-116-53-50-113-47-41-103-68-84(100)31-34-87(107)26-20-18-22-28-90(110)37-44-122-71-99(74(4)5,72-123-45-38-91(111)29-23-19-21-27-88(108)35-32-85(101)69-104-42-48-114-51-54-117-57-60-120-63-66-126-97-82(13)76(7)79(10)93(16-2)129-97)73-124-46-39-95(112)106-40-25-24-30-89(109)36-33-86(102)70-105-43-49-115-52-55-118-58-61-121-64-67-127-98-83(14)77(8)80(11)94(17-3)130-98/h68-70,74-83,92-94,96-98,103-105H,15-67,71-73,100-102H2,1-14H3,(H,106,112)/b84-68-,85-69-,86-70-/t75-,76-,77-,78-,79-,80-,81?,82?,83?,92?,93?,94?,96-,97-,98-,99?/m0/s1. The number of allylic oxidation sites excluding steroid dienone is 3. The molecule has 31 nitrogen and oxygen atoms in total. The van der Waals surface area contributed by atoms with E-state index in [-0.39, 0.29) is 137 Å². The van der Waals surface area contributed by atoms with Gasteiger partial charge in [0.15, 0.2) is 18.9 Å². The molecule has 10 N–H and O–H groups in total. The van der Waals surface area contributed by atoms with Gasteiger partial charge in [-0.05, 0) is 118 Å². The molecular formula is C99H183N7O24. The van der Waals surface area contributed by atoms with Gasteiger partial charge in [-0.1, -0.05) is 110 Å². The van der Waals surface area contributed by atoms with E-state index in [1.165, 1.54) is 0 Å². The third-order valence-electron chi connectivity index (χ3n) is 26.0. The van der Waals surface area contributed by atoms with Crippen LogP contribution in [0.5, 0.6) is 0 Å². The Morgan fingerprint density at radius 3 is 0.815 bits per heavy atom. The van der Waals surface area contributed by atoms with E-state index in [1.807, 2.05) is 0 Å². The third kappa shape index (κ3) is 56.0. The van der Waals surface area contributed by atoms with E-state index in [2.05, 4.69) is 118 Å². The van der Waals surface area contributed by atoms with Crippen LogP contribution in [0.4, 0.5) is 0 Å². The molecule has 0 saturated carbocycles. The number of ether oxygens (including phenoxy) is 18. The van der Waals surface area contributed by atoms with E-state index < -0.39 is 5.41 Å². The van der Waals surface area contributed by atoms with Gasteiger partial charge in [0.1, 0.15) is 28.9 Å². The van der Waals surface area contributed by atoms with Crippen LogP contribution in [0.2, 0.25) is 0 Å². The molecule has 758 valence electrons. The van der Waals surface area contributed by atoms with Gasteiger partial charge in [-0.2, -0.15) is 0 Å². The van der Waals surface area contributed by atoms with Crippen molar-refractivity contribution in [2.75, 3.05) is 205 Å². The van der Waals surface area contributed by atoms with E-state index in [0.717, 1.165) is 32.1 Å². The summed E-state index contributed by atoms with van der Waals surface area (Å²) in [5, 5.41) is 12.4. The quantitative estimate of drug-likeness (QED) is 0.0278. The number of ketones is 5. The number of carbonyl (C=O) groups excluding carboxylic acids is 6. The molecular weight excluding hydrogens is 1670 g/mol. The summed E-state index contributed by atoms with van der Waals surface area (Å²) in [4.78, 5) is 77.3. The highest BCUT2D eigenvalue weighted by Gasteiger charge is 2.42. The van der Waals surface area contributed by atoms with Gasteiger partial charge in [0, 0.05) is 156 Å². The van der Waals surface area contributed by atoms with Gasteiger partial charge in [0.2, 0.25) is 5.91 Å². The SMILES string of the molecule is CCC1O[C@H](OCCOCCOCCOCCN/C=C(\N)CCC(=O)CCCCCC(=O)CCOCC(COCCC(=O)CCCCCC(=O)CC/C(N)=C/NCCOCCOCCOCCO[C@H]2OC(CC)[C@@H](C)[C@H](C)C2C)(COCCC(=O)NCCCCC(=O)CC/C(N)=C/NCCOCCOCCOCCO[C@H]2OC(CC)[C@@H](C)[C@H](C)C2C)C(C)C)C(C)[C@@H](C)[C@@H]1C. The largest absolute Gasteiger partial charge is 0.401 e. The van der Waals surface area contributed by atoms with E-state index in [1.54, 1.807) is 18.6 Å². The smallest absolute Gasteiger partial charge is 0.222 e. The van der Waals surface area contributed by atoms with Crippen molar-refractivity contribution in [1.29, 1.82) is 0 Å². The van der Waals surface area contributed by atoms with Crippen LogP contribution in [0, 0.1) is 64.6 Å². The minimum absolute atomic E-state index is 0.0130. The molecule has 0 aromatic rings. The normalized spacial score (nSPS) is 23.3. The topological polar surface area (TPSA) is 395 Å². The molecule has 3 aliphatic heterocycles. The number of hydrogen-bond donors (Lipinski definition) is 7. The first-order valence-electron chi connectivity index (χ1n) is 49.9. The zero-order valence-corrected chi connectivity index (χ0v) is 83.1. The lowest BCUT2D eigenvalue weighted by Crippen LogP contribution is -2.45. The summed E-state index contributed by atoms with van der Waals surface area (Å²) in [6.07, 6.45) is 18.5. The van der Waals surface area contributed by atoms with Gasteiger partial charge >= 0.3 is 0 Å². The molecule has 3 rings (SSSR count). The minimum atomic E-state index is -0.664. The van der Waals surface area contributed by atoms with E-state index in [9.17, 15) is 28.8 Å². The van der Waals surface area contributed by atoms with Gasteiger partial charge in [-0.3, -0.25) is 28.8 Å². The van der Waals surface area contributed by atoms with Crippen molar-refractivity contribution in [2.24, 2.45) is 81.8 Å². The highest BCUT2D eigenvalue weighted by Crippen LogP contribution is 2.40. The van der Waals surface area contributed by atoms with E-state index in [4.69, 9.17) is 102 Å². The Hall–Kier alpha value is -4.88. The summed E-state index contributed by atoms with van der Waals surface area (Å²) in [6.45, 7) is 43.9. The fraction of sp³-hybridized carbons (Fsp3) is 0.879. The first-order chi connectivity index (χ1) is 62.8. The summed E-state index contributed by atoms with van der Waals surface area (Å²) in [6, 6.07) is 0. The van der Waals surface area contributed by atoms with Crippen LogP contribution in [0.15, 0.2) is 35.7 Å². The second-order valence-electron chi connectivity index (χ2n) is 36.3. The molecule has 0 bridgehead atoms. The second-order valence-corrected chi connectivity index (χ2v) is 36.3. The van der Waals surface area contributed by atoms with Crippen molar-refractivity contribution in [3.8, 4) is 0 Å². The maximum absolute atomic E-state index is 13.1. The number of rotatable bonds is 87. The van der Waals surface area contributed by atoms with Crippen molar-refractivity contribution in [3.63, 3.8) is 0 Å². The monoisotopic (exact) mass is 1850 g/mol. The minimum Gasteiger partial charge on any atom is -0.401 e. The fourth-order valence-corrected chi connectivity index (χ4v) is 15.8. The van der Waals surface area contributed by atoms with Gasteiger partial charge in [-0.25, -0.2) is 0 Å². The molecule has 3 fully saturated rings. The molecule has 31 heteroatoms. The Balaban J connectivity index is 1.28. The van der Waals surface area contributed by atoms with Crippen LogP contribution in [0.1, 0.15) is 257 Å². The summed E-state index contributed by atoms with van der Waals surface area (Å²) in [7, 11) is 0. The van der Waals surface area contributed by atoms with E-state index >= 15 is 0 Å². The first kappa shape index (κ1) is 119. The Morgan fingerprint density at radius 1 is 0.285 bits per heavy atom. The van der Waals surface area contributed by atoms with Gasteiger partial charge in [-0.15, -0.1) is 0 Å². The molecule has 0 radical (unpaired) electrons. The lowest BCUT2D eigenvalue weighted by atomic mass is 9.78. The number of unbranched alkanes of at least 4 members (excludes halogenated alkanes) is 5. The zero-order chi connectivity index (χ0) is 95.2. The van der Waals surface area contributed by atoms with Crippen LogP contribution >= 0.6 is 0 Å². The van der Waals surface area contributed by atoms with Crippen molar-refractivity contribution < 1.29 is 114 Å². The van der Waals surface area contributed by atoms with Crippen molar-refractivity contribution in [2.45, 2.75) is 295 Å². The number of amides is 1. The Morgan fingerprint density at radius 2 is 0.538 bits per heavy atom. The molecule has 0 aromatic heterocycles. The van der Waals surface area contributed by atoms with Crippen molar-refractivity contribution in [1.82, 2.24) is 21.3 Å². The molecule has 3 saturated heterocycles. The molecule has 0 spiro atoms. The lowest BCUT2D eigenvalue weighted by Gasteiger charge is -2.43. The number of carbonyl (C=O) groups is 6. The maximum atomic E-state index is 13.1. The van der Waals surface area contributed by atoms with Crippen molar-refractivity contribution >= 4 is 34.8 Å². The Labute approximate surface area is 783 Å². The zero-order valence-electron chi connectivity index (χ0n) is 83.1. The highest BCUT2D eigenvalue weighted by atomic mass is 16.7. The summed E-state index contributed by atoms with van der Waals surface area (Å²) < 4.78 is 106. The van der Waals surface area contributed by atoms with Gasteiger partial charge in [0.25, 0.3) is 0 Å². The molecule has 3 heterocycles. The average Bonchev–Trinajstić information content (AvgIpc) is 0.818. The average molecular weight is 1860 g/mol. The predicted octanol–water partition coefficient (Wildman–Crippen LogP) is 12.7. The van der Waals surface area contributed by atoms with Crippen LogP contribution in [0.25, 0.3) is 0 Å². The number of nitrogens with one attached hydrogen (secondary N) is 4. The summed E-state index contributed by atoms with van der Waals surface area (Å²) in [5.74, 6) is 4.46. The van der Waals surface area contributed by atoms with Crippen LogP contribution in [-0.2, 0) is 114 Å². The van der Waals surface area contributed by atoms with Gasteiger partial charge in [0.05, 0.1) is 197 Å². The van der Waals surface area contributed by atoms with Crippen molar-refractivity contribution in [3.05, 3.63) is 35.7 Å². The van der Waals surface area contributed by atoms with Gasteiger partial charge < -0.3 is 124 Å². The summed E-state index contributed by atoms with van der Waals surface area (Å²) in [5.41, 5.74) is 19.6. The molecule has 130 heavy (non-hydrogen) atoms. The molecule has 15 atom stereocenters. The number of nitrogens with two attached hydrogens (primary N) is 3. The third-order valence-corrected chi connectivity index (χ3v) is 26.0. The molecule has 3 aliphatic rings. The fourth-order valence-electron chi connectivity index (χ4n) is 15.8. The lowest BCUT2D eigenvalue weighted by molar-refractivity contribution is -0.251. The first-order valence-corrected chi connectivity index (χ1v) is 49.9. The van der Waals surface area contributed by atoms with Crippen LogP contribution in [0.3, 0.4) is 0 Å². The molecule has 0 aliphatic carbocycles. The predicted molar refractivity (Wildman–Crippen MR) is 505 cm³/mol. The molecule has 0 aromatic carbocycles. The highest BCUT2D eigenvalue weighted by molar-refractivity contribution is 5.80. The van der Waals surface area contributed by atoms with Crippen LogP contribution < -0.4 is 38.5 Å². The molecule has 1 amide bonds. The maximum Gasteiger partial charge on any atom is 0.222 e. The molecule has 6 unspecified atom stereocenters. The van der Waals surface area contributed by atoms with Crippen LogP contribution in [-0.4, -0.2) is 277 Å².